The number of benzene rings is 2. The van der Waals surface area contributed by atoms with E-state index < -0.39 is 36.0 Å². The number of nitrogens with one attached hydrogen (secondary N) is 1. The highest BCUT2D eigenvalue weighted by Gasteiger charge is 2.39. The Hall–Kier alpha value is -3.38. The molecule has 11 heteroatoms. The van der Waals surface area contributed by atoms with Gasteiger partial charge in [0.15, 0.2) is 12.2 Å². The summed E-state index contributed by atoms with van der Waals surface area (Å²) >= 11 is 0. The monoisotopic (exact) mass is 471 g/mol. The second kappa shape index (κ2) is 9.85. The summed E-state index contributed by atoms with van der Waals surface area (Å²) in [5, 5.41) is 13.0. The highest BCUT2D eigenvalue weighted by molar-refractivity contribution is 6.04. The number of nitrogens with zero attached hydrogens (tertiary/aromatic N) is 2. The van der Waals surface area contributed by atoms with Crippen LogP contribution in [0.2, 0.25) is 0 Å². The molecule has 2 aromatic carbocycles. The molecule has 2 unspecified atom stereocenters. The van der Waals surface area contributed by atoms with Crippen molar-refractivity contribution in [1.29, 1.82) is 0 Å². The average Bonchev–Trinajstić information content (AvgIpc) is 2.77. The van der Waals surface area contributed by atoms with E-state index in [-0.39, 0.29) is 30.3 Å². The largest absolute Gasteiger partial charge is 0.380 e. The van der Waals surface area contributed by atoms with Gasteiger partial charge in [-0.1, -0.05) is 12.1 Å². The molecule has 2 fully saturated rings. The van der Waals surface area contributed by atoms with Crippen LogP contribution >= 0.6 is 0 Å². The van der Waals surface area contributed by atoms with Crippen molar-refractivity contribution in [2.24, 2.45) is 11.5 Å². The molecule has 0 aromatic heterocycles. The molecule has 2 aliphatic rings. The van der Waals surface area contributed by atoms with E-state index >= 15 is 0 Å². The van der Waals surface area contributed by atoms with E-state index in [1.54, 1.807) is 29.2 Å². The van der Waals surface area contributed by atoms with Crippen molar-refractivity contribution >= 4 is 29.1 Å². The van der Waals surface area contributed by atoms with Crippen molar-refractivity contribution in [3.8, 4) is 0 Å². The van der Waals surface area contributed by atoms with E-state index in [9.17, 15) is 23.9 Å². The van der Waals surface area contributed by atoms with Crippen LogP contribution in [0.5, 0.6) is 0 Å². The van der Waals surface area contributed by atoms with Gasteiger partial charge in [0.2, 0.25) is 0 Å². The number of aliphatic hydroxyl groups excluding tert-OH is 1. The van der Waals surface area contributed by atoms with E-state index in [2.05, 4.69) is 5.32 Å². The van der Waals surface area contributed by atoms with Crippen LogP contribution in [0.25, 0.3) is 0 Å². The molecule has 2 saturated heterocycles. The number of anilines is 2. The number of morpholine rings is 1. The SMILES string of the molecule is NC(N)c1ccc(NC(=O)C(O)C2OCCN(c3cc(F)cc(C(=O)N4CCC4)c3)C2=O)cc1. The highest BCUT2D eigenvalue weighted by Crippen LogP contribution is 2.25. The first-order valence-electron chi connectivity index (χ1n) is 10.9. The van der Waals surface area contributed by atoms with Gasteiger partial charge in [0, 0.05) is 36.6 Å². The van der Waals surface area contributed by atoms with Crippen LogP contribution in [-0.2, 0) is 14.3 Å². The van der Waals surface area contributed by atoms with Crippen molar-refractivity contribution in [2.75, 3.05) is 36.5 Å². The van der Waals surface area contributed by atoms with E-state index in [4.69, 9.17) is 16.2 Å². The fraction of sp³-hybridized carbons (Fsp3) is 0.348. The number of ether oxygens (including phenoxy) is 1. The number of hydrogen-bond donors (Lipinski definition) is 4. The van der Waals surface area contributed by atoms with Gasteiger partial charge in [-0.3, -0.25) is 14.4 Å². The van der Waals surface area contributed by atoms with Crippen LogP contribution in [-0.4, -0.2) is 66.2 Å². The Morgan fingerprint density at radius 3 is 2.44 bits per heavy atom. The van der Waals surface area contributed by atoms with Crippen LogP contribution in [0, 0.1) is 5.82 Å². The van der Waals surface area contributed by atoms with Crippen LogP contribution < -0.4 is 21.7 Å². The molecule has 180 valence electrons. The first-order chi connectivity index (χ1) is 16.2. The molecule has 6 N–H and O–H groups in total. The summed E-state index contributed by atoms with van der Waals surface area (Å²) in [5.41, 5.74) is 12.5. The summed E-state index contributed by atoms with van der Waals surface area (Å²) in [5.74, 6) is -2.55. The lowest BCUT2D eigenvalue weighted by molar-refractivity contribution is -0.150. The summed E-state index contributed by atoms with van der Waals surface area (Å²) in [4.78, 5) is 40.9. The predicted molar refractivity (Wildman–Crippen MR) is 121 cm³/mol. The maximum atomic E-state index is 14.3. The molecule has 2 aliphatic heterocycles. The van der Waals surface area contributed by atoms with Crippen molar-refractivity contribution in [2.45, 2.75) is 24.8 Å². The van der Waals surface area contributed by atoms with Gasteiger partial charge in [-0.25, -0.2) is 4.39 Å². The highest BCUT2D eigenvalue weighted by atomic mass is 19.1. The van der Waals surface area contributed by atoms with Crippen molar-refractivity contribution < 1.29 is 28.6 Å². The fourth-order valence-electron chi connectivity index (χ4n) is 3.79. The Morgan fingerprint density at radius 1 is 1.12 bits per heavy atom. The summed E-state index contributed by atoms with van der Waals surface area (Å²) in [6, 6.07) is 10.1. The van der Waals surface area contributed by atoms with Gasteiger partial charge in [-0.15, -0.1) is 0 Å². The number of carbonyl (C=O) groups is 3. The third-order valence-corrected chi connectivity index (χ3v) is 5.82. The molecule has 0 radical (unpaired) electrons. The summed E-state index contributed by atoms with van der Waals surface area (Å²) in [6.45, 7) is 1.29. The zero-order valence-corrected chi connectivity index (χ0v) is 18.3. The molecular weight excluding hydrogens is 445 g/mol. The number of hydrogen-bond acceptors (Lipinski definition) is 7. The molecule has 0 spiro atoms. The van der Waals surface area contributed by atoms with E-state index in [0.29, 0.717) is 24.3 Å². The average molecular weight is 471 g/mol. The van der Waals surface area contributed by atoms with Crippen LogP contribution in [0.3, 0.4) is 0 Å². The summed E-state index contributed by atoms with van der Waals surface area (Å²) in [7, 11) is 0. The Kier molecular flexibility index (Phi) is 6.89. The third-order valence-electron chi connectivity index (χ3n) is 5.82. The van der Waals surface area contributed by atoms with Gasteiger partial charge >= 0.3 is 0 Å². The zero-order valence-electron chi connectivity index (χ0n) is 18.3. The first-order valence-corrected chi connectivity index (χ1v) is 10.9. The molecule has 2 atom stereocenters. The molecule has 3 amide bonds. The lowest BCUT2D eigenvalue weighted by Crippen LogP contribution is -2.55. The van der Waals surface area contributed by atoms with Gasteiger partial charge in [0.25, 0.3) is 17.7 Å². The second-order valence-corrected chi connectivity index (χ2v) is 8.21. The van der Waals surface area contributed by atoms with Crippen LogP contribution in [0.15, 0.2) is 42.5 Å². The molecule has 10 nitrogen and oxygen atoms in total. The number of nitrogens with two attached hydrogens (primary N) is 2. The minimum atomic E-state index is -1.82. The number of amides is 3. The molecular formula is C23H26FN5O5. The van der Waals surface area contributed by atoms with Gasteiger partial charge in [-0.05, 0) is 42.3 Å². The lowest BCUT2D eigenvalue weighted by Gasteiger charge is -2.35. The van der Waals surface area contributed by atoms with E-state index in [1.165, 1.54) is 11.0 Å². The number of rotatable bonds is 6. The molecule has 34 heavy (non-hydrogen) atoms. The smallest absolute Gasteiger partial charge is 0.259 e. The Morgan fingerprint density at radius 2 is 1.82 bits per heavy atom. The van der Waals surface area contributed by atoms with E-state index in [1.807, 2.05) is 0 Å². The van der Waals surface area contributed by atoms with Gasteiger partial charge < -0.3 is 36.4 Å². The number of carbonyl (C=O) groups excluding carboxylic acids is 3. The predicted octanol–water partition coefficient (Wildman–Crippen LogP) is 0.319. The Bertz CT molecular complexity index is 1090. The second-order valence-electron chi connectivity index (χ2n) is 8.21. The lowest BCUT2D eigenvalue weighted by atomic mass is 10.1. The maximum absolute atomic E-state index is 14.3. The fourth-order valence-corrected chi connectivity index (χ4v) is 3.79. The maximum Gasteiger partial charge on any atom is 0.259 e. The topological polar surface area (TPSA) is 151 Å². The third kappa shape index (κ3) is 4.92. The van der Waals surface area contributed by atoms with Crippen molar-refractivity contribution in [3.05, 3.63) is 59.4 Å². The molecule has 4 rings (SSSR count). The van der Waals surface area contributed by atoms with Crippen LogP contribution in [0.1, 0.15) is 28.5 Å². The Labute approximate surface area is 195 Å². The Balaban J connectivity index is 1.47. The number of aliphatic hydroxyl groups is 1. The van der Waals surface area contributed by atoms with Gasteiger partial charge in [-0.2, -0.15) is 0 Å². The van der Waals surface area contributed by atoms with E-state index in [0.717, 1.165) is 18.6 Å². The molecule has 2 aromatic rings. The summed E-state index contributed by atoms with van der Waals surface area (Å²) in [6.07, 6.45) is -3.09. The zero-order chi connectivity index (χ0) is 24.4. The minimum absolute atomic E-state index is 0.00967. The van der Waals surface area contributed by atoms with Gasteiger partial charge in [0.1, 0.15) is 5.82 Å². The molecule has 0 saturated carbocycles. The number of halogens is 1. The summed E-state index contributed by atoms with van der Waals surface area (Å²) < 4.78 is 19.7. The minimum Gasteiger partial charge on any atom is -0.380 e. The van der Waals surface area contributed by atoms with Gasteiger partial charge in [0.05, 0.1) is 12.8 Å². The molecule has 2 heterocycles. The van der Waals surface area contributed by atoms with Crippen molar-refractivity contribution in [3.63, 3.8) is 0 Å². The standard InChI is InChI=1S/C23H26FN5O5/c24-15-10-14(22(32)28-6-1-7-28)11-17(12-15)29-8-9-34-19(23(29)33)18(30)21(31)27-16-4-2-13(3-5-16)20(25)26/h2-5,10-12,18-20,30H,1,6-9,25-26H2,(H,27,31). The number of likely N-dealkylation sites (tertiary alicyclic amines) is 1. The normalized spacial score (nSPS) is 19.1. The molecule has 0 aliphatic carbocycles. The van der Waals surface area contributed by atoms with Crippen molar-refractivity contribution in [1.82, 2.24) is 4.90 Å². The quantitative estimate of drug-likeness (QED) is 0.443. The van der Waals surface area contributed by atoms with Crippen LogP contribution in [0.4, 0.5) is 15.8 Å². The first kappa shape index (κ1) is 23.8. The molecule has 0 bridgehead atoms.